The number of hydrogen-bond acceptors (Lipinski definition) is 4. The van der Waals surface area contributed by atoms with Crippen molar-refractivity contribution >= 4 is 11.9 Å². The first-order valence-electron chi connectivity index (χ1n) is 11.0. The summed E-state index contributed by atoms with van der Waals surface area (Å²) < 4.78 is 0. The predicted octanol–water partition coefficient (Wildman–Crippen LogP) is 4.59. The van der Waals surface area contributed by atoms with Crippen LogP contribution in [0.5, 0.6) is 0 Å². The van der Waals surface area contributed by atoms with E-state index in [0.717, 1.165) is 42.5 Å². The number of nitrogens with zero attached hydrogens (tertiary/aromatic N) is 3. The lowest BCUT2D eigenvalue weighted by Gasteiger charge is -2.28. The molecule has 3 aromatic rings. The molecule has 2 N–H and O–H groups in total. The van der Waals surface area contributed by atoms with Crippen molar-refractivity contribution in [1.82, 2.24) is 19.9 Å². The molecule has 1 aliphatic carbocycles. The highest BCUT2D eigenvalue weighted by molar-refractivity contribution is 5.92. The Morgan fingerprint density at radius 1 is 0.969 bits per heavy atom. The molecule has 1 amide bonds. The number of aromatic nitrogens is 3. The maximum absolute atomic E-state index is 12.0. The number of carbonyl (C=O) groups excluding carboxylic acids is 1. The third-order valence-corrected chi connectivity index (χ3v) is 6.24. The first kappa shape index (κ1) is 21.7. The van der Waals surface area contributed by atoms with Crippen LogP contribution in [0.1, 0.15) is 54.1 Å². The summed E-state index contributed by atoms with van der Waals surface area (Å²) in [6.45, 7) is 0. The van der Waals surface area contributed by atoms with Gasteiger partial charge in [-0.25, -0.2) is 4.98 Å². The van der Waals surface area contributed by atoms with Crippen molar-refractivity contribution in [2.24, 2.45) is 5.92 Å². The normalized spacial score (nSPS) is 18.3. The number of hydrogen-bond donors (Lipinski definition) is 2. The van der Waals surface area contributed by atoms with Gasteiger partial charge >= 0.3 is 5.97 Å². The van der Waals surface area contributed by atoms with E-state index in [4.69, 9.17) is 5.11 Å². The number of aromatic amines is 1. The van der Waals surface area contributed by atoms with Crippen LogP contribution in [0.25, 0.3) is 22.6 Å². The Morgan fingerprint density at radius 3 is 2.25 bits per heavy atom. The lowest BCUT2D eigenvalue weighted by molar-refractivity contribution is -0.138. The second-order valence-electron chi connectivity index (χ2n) is 8.71. The van der Waals surface area contributed by atoms with Gasteiger partial charge in [0.15, 0.2) is 0 Å². The molecular formula is C25H28N4O3. The van der Waals surface area contributed by atoms with E-state index in [0.29, 0.717) is 29.8 Å². The summed E-state index contributed by atoms with van der Waals surface area (Å²) in [7, 11) is 3.41. The van der Waals surface area contributed by atoms with Crippen LogP contribution >= 0.6 is 0 Å². The van der Waals surface area contributed by atoms with Gasteiger partial charge in [0.25, 0.3) is 5.91 Å². The predicted molar refractivity (Wildman–Crippen MR) is 122 cm³/mol. The second-order valence-corrected chi connectivity index (χ2v) is 8.71. The molecule has 0 atom stereocenters. The summed E-state index contributed by atoms with van der Waals surface area (Å²) in [4.78, 5) is 36.4. The van der Waals surface area contributed by atoms with Crippen LogP contribution in [0.4, 0.5) is 0 Å². The Labute approximate surface area is 187 Å². The first-order valence-corrected chi connectivity index (χ1v) is 11.0. The molecule has 0 spiro atoms. The van der Waals surface area contributed by atoms with E-state index >= 15 is 0 Å². The quantitative estimate of drug-likeness (QED) is 0.594. The average Bonchev–Trinajstić information content (AvgIpc) is 3.29. The van der Waals surface area contributed by atoms with Gasteiger partial charge in [-0.3, -0.25) is 14.6 Å². The van der Waals surface area contributed by atoms with Crippen molar-refractivity contribution < 1.29 is 14.7 Å². The summed E-state index contributed by atoms with van der Waals surface area (Å²) in [5.74, 6) is 0.622. The SMILES string of the molecule is CN(C)C(=O)c1cnc(-c2ccc(-c3ccc(C4CCC(CC(=O)O)CC4)cc3)nc2)[nH]1. The molecule has 0 aliphatic heterocycles. The fourth-order valence-corrected chi connectivity index (χ4v) is 4.40. The van der Waals surface area contributed by atoms with Crippen molar-refractivity contribution in [3.8, 4) is 22.6 Å². The molecular weight excluding hydrogens is 404 g/mol. The number of imidazole rings is 1. The van der Waals surface area contributed by atoms with Gasteiger partial charge in [-0.1, -0.05) is 24.3 Å². The number of aliphatic carboxylic acids is 1. The number of benzene rings is 1. The minimum absolute atomic E-state index is 0.121. The molecule has 2 aromatic heterocycles. The number of carboxylic acids is 1. The third-order valence-electron chi connectivity index (χ3n) is 6.24. The number of H-pyrrole nitrogens is 1. The van der Waals surface area contributed by atoms with Gasteiger partial charge in [-0.05, 0) is 55.2 Å². The van der Waals surface area contributed by atoms with Crippen molar-refractivity contribution in [1.29, 1.82) is 0 Å². The van der Waals surface area contributed by atoms with E-state index < -0.39 is 5.97 Å². The second kappa shape index (κ2) is 9.34. The highest BCUT2D eigenvalue weighted by atomic mass is 16.4. The summed E-state index contributed by atoms with van der Waals surface area (Å²) in [5.41, 5.74) is 4.50. The minimum atomic E-state index is -0.689. The Morgan fingerprint density at radius 2 is 1.66 bits per heavy atom. The molecule has 1 fully saturated rings. The van der Waals surface area contributed by atoms with Crippen LogP contribution < -0.4 is 0 Å². The maximum Gasteiger partial charge on any atom is 0.303 e. The van der Waals surface area contributed by atoms with Crippen molar-refractivity contribution in [2.75, 3.05) is 14.1 Å². The lowest BCUT2D eigenvalue weighted by Crippen LogP contribution is -2.21. The number of nitrogens with one attached hydrogen (secondary N) is 1. The van der Waals surface area contributed by atoms with E-state index in [1.165, 1.54) is 10.5 Å². The van der Waals surface area contributed by atoms with E-state index in [1.807, 2.05) is 12.1 Å². The molecule has 0 saturated heterocycles. The molecule has 4 rings (SSSR count). The number of rotatable bonds is 6. The van der Waals surface area contributed by atoms with Gasteiger partial charge in [0.05, 0.1) is 11.9 Å². The highest BCUT2D eigenvalue weighted by Gasteiger charge is 2.24. The number of pyridine rings is 1. The standard InChI is InChI=1S/C25H28N4O3/c1-29(2)25(32)22-15-27-24(28-22)20-11-12-21(26-14-20)19-9-7-18(8-10-19)17-5-3-16(4-6-17)13-23(30)31/h7-12,14-17H,3-6,13H2,1-2H3,(H,27,28)(H,30,31). The minimum Gasteiger partial charge on any atom is -0.481 e. The van der Waals surface area contributed by atoms with Crippen molar-refractivity contribution in [3.63, 3.8) is 0 Å². The van der Waals surface area contributed by atoms with E-state index in [-0.39, 0.29) is 5.91 Å². The molecule has 2 heterocycles. The van der Waals surface area contributed by atoms with Crippen LogP contribution in [0.15, 0.2) is 48.8 Å². The number of carboxylic acid groups (broad SMARTS) is 1. The van der Waals surface area contributed by atoms with Gasteiger partial charge in [0.2, 0.25) is 0 Å². The maximum atomic E-state index is 12.0. The molecule has 166 valence electrons. The monoisotopic (exact) mass is 432 g/mol. The van der Waals surface area contributed by atoms with E-state index in [9.17, 15) is 9.59 Å². The van der Waals surface area contributed by atoms with Gasteiger partial charge in [0, 0.05) is 37.8 Å². The Kier molecular flexibility index (Phi) is 6.35. The smallest absolute Gasteiger partial charge is 0.303 e. The van der Waals surface area contributed by atoms with Gasteiger partial charge in [-0.15, -0.1) is 0 Å². The first-order chi connectivity index (χ1) is 15.4. The van der Waals surface area contributed by atoms with Gasteiger partial charge in [0.1, 0.15) is 11.5 Å². The zero-order valence-electron chi connectivity index (χ0n) is 18.4. The molecule has 1 saturated carbocycles. The van der Waals surface area contributed by atoms with Crippen LogP contribution in [0.3, 0.4) is 0 Å². The van der Waals surface area contributed by atoms with Crippen molar-refractivity contribution in [2.45, 2.75) is 38.0 Å². The Hall–Kier alpha value is -3.48. The molecule has 1 aromatic carbocycles. The zero-order valence-corrected chi connectivity index (χ0v) is 18.4. The molecule has 7 heteroatoms. The van der Waals surface area contributed by atoms with E-state index in [2.05, 4.69) is 39.2 Å². The zero-order chi connectivity index (χ0) is 22.7. The van der Waals surface area contributed by atoms with Gasteiger partial charge in [-0.2, -0.15) is 0 Å². The van der Waals surface area contributed by atoms with Crippen LogP contribution in [0, 0.1) is 5.92 Å². The molecule has 32 heavy (non-hydrogen) atoms. The number of carbonyl (C=O) groups is 2. The fourth-order valence-electron chi connectivity index (χ4n) is 4.40. The Bertz CT molecular complexity index is 1080. The lowest BCUT2D eigenvalue weighted by atomic mass is 9.77. The van der Waals surface area contributed by atoms with E-state index in [1.54, 1.807) is 26.5 Å². The summed E-state index contributed by atoms with van der Waals surface area (Å²) in [6, 6.07) is 12.4. The molecule has 0 radical (unpaired) electrons. The molecule has 1 aliphatic rings. The van der Waals surface area contributed by atoms with Crippen LogP contribution in [-0.4, -0.2) is 50.9 Å². The third kappa shape index (κ3) is 4.88. The molecule has 0 bridgehead atoms. The summed E-state index contributed by atoms with van der Waals surface area (Å²) in [6.07, 6.45) is 7.65. The van der Waals surface area contributed by atoms with Crippen LogP contribution in [-0.2, 0) is 4.79 Å². The van der Waals surface area contributed by atoms with Gasteiger partial charge < -0.3 is 15.0 Å². The Balaban J connectivity index is 1.41. The van der Waals surface area contributed by atoms with Crippen LogP contribution in [0.2, 0.25) is 0 Å². The molecule has 7 nitrogen and oxygen atoms in total. The highest BCUT2D eigenvalue weighted by Crippen LogP contribution is 2.37. The largest absolute Gasteiger partial charge is 0.481 e. The average molecular weight is 433 g/mol. The van der Waals surface area contributed by atoms with Crippen molar-refractivity contribution in [3.05, 3.63) is 60.0 Å². The summed E-state index contributed by atoms with van der Waals surface area (Å²) >= 11 is 0. The topological polar surface area (TPSA) is 99.2 Å². The number of amides is 1. The molecule has 0 unspecified atom stereocenters. The fraction of sp³-hybridized carbons (Fsp3) is 0.360. The summed E-state index contributed by atoms with van der Waals surface area (Å²) in [5, 5.41) is 8.99.